The predicted molar refractivity (Wildman–Crippen MR) is 114 cm³/mol. The fourth-order valence-electron chi connectivity index (χ4n) is 2.70. The fraction of sp³-hybridized carbons (Fsp3) is 0.174. The highest BCUT2D eigenvalue weighted by molar-refractivity contribution is 9.10. The lowest BCUT2D eigenvalue weighted by atomic mass is 10.2. The molecular weight excluding hydrogens is 436 g/mol. The van der Waals surface area contributed by atoms with Crippen molar-refractivity contribution < 1.29 is 23.7 Å². The van der Waals surface area contributed by atoms with Crippen molar-refractivity contribution in [3.05, 3.63) is 87.9 Å². The maximum Gasteiger partial charge on any atom is 0.342 e. The van der Waals surface area contributed by atoms with E-state index >= 15 is 0 Å². The summed E-state index contributed by atoms with van der Waals surface area (Å²) in [5.74, 6) is 1.45. The Morgan fingerprint density at radius 1 is 0.828 bits per heavy atom. The van der Waals surface area contributed by atoms with E-state index in [1.807, 2.05) is 54.6 Å². The van der Waals surface area contributed by atoms with Crippen LogP contribution >= 0.6 is 15.9 Å². The summed E-state index contributed by atoms with van der Waals surface area (Å²) >= 11 is 3.40. The van der Waals surface area contributed by atoms with Gasteiger partial charge < -0.3 is 18.9 Å². The summed E-state index contributed by atoms with van der Waals surface area (Å²) in [5, 5.41) is 0. The Bertz CT molecular complexity index is 987. The number of hydrogen-bond acceptors (Lipinski definition) is 5. The highest BCUT2D eigenvalue weighted by atomic mass is 79.9. The normalized spacial score (nSPS) is 10.3. The van der Waals surface area contributed by atoms with Crippen molar-refractivity contribution >= 4 is 21.9 Å². The molecule has 150 valence electrons. The largest absolute Gasteiger partial charge is 0.497 e. The van der Waals surface area contributed by atoms with Crippen LogP contribution in [0.2, 0.25) is 0 Å². The number of esters is 1. The van der Waals surface area contributed by atoms with Gasteiger partial charge in [0.05, 0.1) is 14.2 Å². The van der Waals surface area contributed by atoms with Crippen molar-refractivity contribution in [1.82, 2.24) is 0 Å². The Balaban J connectivity index is 1.70. The molecular formula is C23H21BrO5. The lowest BCUT2D eigenvalue weighted by Gasteiger charge is -2.13. The summed E-state index contributed by atoms with van der Waals surface area (Å²) < 4.78 is 22.6. The van der Waals surface area contributed by atoms with Gasteiger partial charge in [-0.3, -0.25) is 0 Å². The molecule has 0 aromatic heterocycles. The van der Waals surface area contributed by atoms with E-state index in [0.29, 0.717) is 23.7 Å². The van der Waals surface area contributed by atoms with E-state index in [0.717, 1.165) is 21.3 Å². The van der Waals surface area contributed by atoms with Crippen molar-refractivity contribution in [1.29, 1.82) is 0 Å². The molecule has 5 nitrogen and oxygen atoms in total. The molecule has 3 aromatic rings. The van der Waals surface area contributed by atoms with Crippen molar-refractivity contribution in [3.63, 3.8) is 0 Å². The lowest BCUT2D eigenvalue weighted by Crippen LogP contribution is -2.08. The quantitative estimate of drug-likeness (QED) is 0.424. The van der Waals surface area contributed by atoms with Gasteiger partial charge in [0.15, 0.2) is 0 Å². The first-order valence-electron chi connectivity index (χ1n) is 8.94. The molecule has 29 heavy (non-hydrogen) atoms. The Kier molecular flexibility index (Phi) is 7.14. The van der Waals surface area contributed by atoms with Crippen LogP contribution < -0.4 is 14.2 Å². The molecule has 0 spiro atoms. The van der Waals surface area contributed by atoms with E-state index in [9.17, 15) is 4.79 Å². The zero-order chi connectivity index (χ0) is 20.6. The molecule has 0 radical (unpaired) electrons. The Hall–Kier alpha value is -2.99. The number of methoxy groups -OCH3 is 2. The van der Waals surface area contributed by atoms with Gasteiger partial charge in [-0.25, -0.2) is 4.79 Å². The van der Waals surface area contributed by atoms with Gasteiger partial charge in [-0.1, -0.05) is 40.2 Å². The van der Waals surface area contributed by atoms with E-state index < -0.39 is 5.97 Å². The Morgan fingerprint density at radius 2 is 1.45 bits per heavy atom. The summed E-state index contributed by atoms with van der Waals surface area (Å²) in [6.45, 7) is 0.437. The average molecular weight is 457 g/mol. The first kappa shape index (κ1) is 20.7. The van der Waals surface area contributed by atoms with E-state index in [4.69, 9.17) is 18.9 Å². The standard InChI is InChI=1S/C23H21BrO5/c1-26-19-7-3-5-16(11-19)14-28-22-10-9-18(24)13-21(22)23(25)29-15-17-6-4-8-20(12-17)27-2/h3-13H,14-15H2,1-2H3. The minimum absolute atomic E-state index is 0.137. The fourth-order valence-corrected chi connectivity index (χ4v) is 3.06. The van der Waals surface area contributed by atoms with Gasteiger partial charge in [0.2, 0.25) is 0 Å². The first-order valence-corrected chi connectivity index (χ1v) is 9.73. The molecule has 3 aromatic carbocycles. The van der Waals surface area contributed by atoms with Gasteiger partial charge in [-0.05, 0) is 53.6 Å². The number of rotatable bonds is 8. The molecule has 0 aliphatic rings. The van der Waals surface area contributed by atoms with Gasteiger partial charge in [0.1, 0.15) is 36.0 Å². The number of benzene rings is 3. The summed E-state index contributed by atoms with van der Waals surface area (Å²) in [7, 11) is 3.21. The van der Waals surface area contributed by atoms with Gasteiger partial charge in [-0.15, -0.1) is 0 Å². The lowest BCUT2D eigenvalue weighted by molar-refractivity contribution is 0.0467. The van der Waals surface area contributed by atoms with Crippen LogP contribution in [-0.4, -0.2) is 20.2 Å². The maximum atomic E-state index is 12.7. The second-order valence-electron chi connectivity index (χ2n) is 6.21. The number of halogens is 1. The number of carbonyl (C=O) groups is 1. The molecule has 0 atom stereocenters. The van der Waals surface area contributed by atoms with Crippen LogP contribution in [0.1, 0.15) is 21.5 Å². The van der Waals surface area contributed by atoms with Crippen LogP contribution in [-0.2, 0) is 18.0 Å². The molecule has 0 fully saturated rings. The predicted octanol–water partition coefficient (Wildman–Crippen LogP) is 5.40. The van der Waals surface area contributed by atoms with Crippen LogP contribution in [0, 0.1) is 0 Å². The van der Waals surface area contributed by atoms with Gasteiger partial charge in [0.25, 0.3) is 0 Å². The molecule has 0 saturated carbocycles. The highest BCUT2D eigenvalue weighted by Crippen LogP contribution is 2.26. The van der Waals surface area contributed by atoms with Crippen LogP contribution in [0.25, 0.3) is 0 Å². The number of hydrogen-bond donors (Lipinski definition) is 0. The molecule has 0 aliphatic carbocycles. The SMILES string of the molecule is COc1cccc(COC(=O)c2cc(Br)ccc2OCc2cccc(OC)c2)c1. The third-order valence-electron chi connectivity index (χ3n) is 4.19. The molecule has 0 unspecified atom stereocenters. The number of ether oxygens (including phenoxy) is 4. The molecule has 0 saturated heterocycles. The minimum atomic E-state index is -0.463. The zero-order valence-corrected chi connectivity index (χ0v) is 17.8. The summed E-state index contributed by atoms with van der Waals surface area (Å²) in [6.07, 6.45) is 0. The molecule has 0 aliphatic heterocycles. The van der Waals surface area contributed by atoms with Gasteiger partial charge in [0, 0.05) is 4.47 Å². The second kappa shape index (κ2) is 9.98. The molecule has 0 amide bonds. The van der Waals surface area contributed by atoms with Crippen LogP contribution in [0.15, 0.2) is 71.2 Å². The molecule has 3 rings (SSSR count). The highest BCUT2D eigenvalue weighted by Gasteiger charge is 2.16. The molecule has 0 N–H and O–H groups in total. The summed E-state index contributed by atoms with van der Waals surface area (Å²) in [6, 6.07) is 20.2. The summed E-state index contributed by atoms with van der Waals surface area (Å²) in [4.78, 5) is 12.7. The zero-order valence-electron chi connectivity index (χ0n) is 16.2. The Labute approximate surface area is 178 Å². The van der Waals surface area contributed by atoms with Gasteiger partial charge in [-0.2, -0.15) is 0 Å². The van der Waals surface area contributed by atoms with Gasteiger partial charge >= 0.3 is 5.97 Å². The second-order valence-corrected chi connectivity index (χ2v) is 7.12. The molecule has 0 heterocycles. The third kappa shape index (κ3) is 5.74. The smallest absolute Gasteiger partial charge is 0.342 e. The van der Waals surface area contributed by atoms with Crippen LogP contribution in [0.4, 0.5) is 0 Å². The Morgan fingerprint density at radius 3 is 2.07 bits per heavy atom. The maximum absolute atomic E-state index is 12.7. The number of carbonyl (C=O) groups excluding carboxylic acids is 1. The van der Waals surface area contributed by atoms with Crippen molar-refractivity contribution in [2.45, 2.75) is 13.2 Å². The van der Waals surface area contributed by atoms with Crippen molar-refractivity contribution in [2.75, 3.05) is 14.2 Å². The molecule has 6 heteroatoms. The topological polar surface area (TPSA) is 54.0 Å². The summed E-state index contributed by atoms with van der Waals surface area (Å²) in [5.41, 5.74) is 2.12. The van der Waals surface area contributed by atoms with Crippen LogP contribution in [0.5, 0.6) is 17.2 Å². The minimum Gasteiger partial charge on any atom is -0.497 e. The molecule has 0 bridgehead atoms. The monoisotopic (exact) mass is 456 g/mol. The van der Waals surface area contributed by atoms with Crippen molar-refractivity contribution in [3.8, 4) is 17.2 Å². The van der Waals surface area contributed by atoms with Crippen molar-refractivity contribution in [2.24, 2.45) is 0 Å². The third-order valence-corrected chi connectivity index (χ3v) is 4.69. The first-order chi connectivity index (χ1) is 14.1. The van der Waals surface area contributed by atoms with E-state index in [1.165, 1.54) is 0 Å². The van der Waals surface area contributed by atoms with E-state index in [1.54, 1.807) is 26.4 Å². The van der Waals surface area contributed by atoms with E-state index in [2.05, 4.69) is 15.9 Å². The van der Waals surface area contributed by atoms with Crippen LogP contribution in [0.3, 0.4) is 0 Å². The average Bonchev–Trinajstić information content (AvgIpc) is 2.76. The van der Waals surface area contributed by atoms with E-state index in [-0.39, 0.29) is 6.61 Å².